The number of fused-ring (bicyclic) bond motifs is 1. The van der Waals surface area contributed by atoms with Crippen molar-refractivity contribution in [1.82, 2.24) is 4.90 Å². The molecule has 0 radical (unpaired) electrons. The Labute approximate surface area is 122 Å². The van der Waals surface area contributed by atoms with Crippen molar-refractivity contribution in [2.45, 2.75) is 31.8 Å². The van der Waals surface area contributed by atoms with Gasteiger partial charge in [-0.25, -0.2) is 4.79 Å². The minimum Gasteiger partial charge on any atom is -0.486 e. The van der Waals surface area contributed by atoms with Crippen LogP contribution in [0.1, 0.15) is 31.4 Å². The summed E-state index contributed by atoms with van der Waals surface area (Å²) in [7, 11) is 0. The van der Waals surface area contributed by atoms with Crippen LogP contribution in [0.25, 0.3) is 0 Å². The van der Waals surface area contributed by atoms with E-state index < -0.39 is 12.0 Å². The first-order chi connectivity index (χ1) is 10.1. The second-order valence-corrected chi connectivity index (χ2v) is 5.30. The molecule has 1 aliphatic carbocycles. The molecule has 0 aromatic heterocycles. The molecule has 0 bridgehead atoms. The molecule has 6 heteroatoms. The van der Waals surface area contributed by atoms with E-state index in [2.05, 4.69) is 0 Å². The maximum absolute atomic E-state index is 11.8. The summed E-state index contributed by atoms with van der Waals surface area (Å²) in [6.07, 6.45) is 1.71. The van der Waals surface area contributed by atoms with Crippen LogP contribution in [0.15, 0.2) is 18.2 Å². The van der Waals surface area contributed by atoms with E-state index >= 15 is 0 Å². The molecule has 3 rings (SSSR count). The monoisotopic (exact) mass is 291 g/mol. The van der Waals surface area contributed by atoms with Crippen molar-refractivity contribution >= 4 is 11.9 Å². The Balaban J connectivity index is 1.97. The van der Waals surface area contributed by atoms with Gasteiger partial charge in [-0.15, -0.1) is 0 Å². The molecule has 1 unspecified atom stereocenters. The van der Waals surface area contributed by atoms with Crippen LogP contribution in [-0.4, -0.2) is 41.1 Å². The van der Waals surface area contributed by atoms with Crippen LogP contribution >= 0.6 is 0 Å². The normalized spacial score (nSPS) is 18.0. The molecule has 1 saturated carbocycles. The van der Waals surface area contributed by atoms with E-state index in [-0.39, 0.29) is 11.9 Å². The molecule has 1 aromatic rings. The first kappa shape index (κ1) is 13.7. The smallest absolute Gasteiger partial charge is 0.331 e. The fraction of sp³-hybridized carbons (Fsp3) is 0.467. The molecule has 6 nitrogen and oxygen atoms in total. The van der Waals surface area contributed by atoms with Crippen LogP contribution in [0.3, 0.4) is 0 Å². The number of carbonyl (C=O) groups is 2. The van der Waals surface area contributed by atoms with E-state index in [1.165, 1.54) is 11.8 Å². The van der Waals surface area contributed by atoms with Gasteiger partial charge in [0.1, 0.15) is 13.2 Å². The third-order valence-electron chi connectivity index (χ3n) is 3.70. The number of ether oxygens (including phenoxy) is 2. The topological polar surface area (TPSA) is 76.1 Å². The average molecular weight is 291 g/mol. The molecule has 21 heavy (non-hydrogen) atoms. The zero-order valence-electron chi connectivity index (χ0n) is 11.7. The molecular formula is C15H17NO5. The minimum atomic E-state index is -1.03. The third-order valence-corrected chi connectivity index (χ3v) is 3.70. The summed E-state index contributed by atoms with van der Waals surface area (Å²) in [5.41, 5.74) is 0.536. The van der Waals surface area contributed by atoms with Gasteiger partial charge in [-0.2, -0.15) is 0 Å². The van der Waals surface area contributed by atoms with E-state index in [1.54, 1.807) is 18.2 Å². The molecule has 1 heterocycles. The van der Waals surface area contributed by atoms with Crippen LogP contribution in [0.5, 0.6) is 11.5 Å². The molecule has 0 spiro atoms. The zero-order chi connectivity index (χ0) is 15.0. The largest absolute Gasteiger partial charge is 0.486 e. The standard InChI is InChI=1S/C15H17NO5/c1-9(17)16(11-3-4-11)14(15(18)19)10-2-5-12-13(8-10)21-7-6-20-12/h2,5,8,11,14H,3-4,6-7H2,1H3,(H,18,19). The van der Waals surface area contributed by atoms with Crippen LogP contribution in [0.2, 0.25) is 0 Å². The number of carboxylic acids is 1. The fourth-order valence-corrected chi connectivity index (χ4v) is 2.65. The number of carbonyl (C=O) groups excluding carboxylic acids is 1. The van der Waals surface area contributed by atoms with Crippen molar-refractivity contribution in [3.05, 3.63) is 23.8 Å². The number of hydrogen-bond donors (Lipinski definition) is 1. The van der Waals surface area contributed by atoms with Gasteiger partial charge >= 0.3 is 5.97 Å². The Morgan fingerprint density at radius 2 is 1.90 bits per heavy atom. The first-order valence-corrected chi connectivity index (χ1v) is 6.99. The highest BCUT2D eigenvalue weighted by atomic mass is 16.6. The number of benzene rings is 1. The predicted molar refractivity (Wildman–Crippen MR) is 73.4 cm³/mol. The molecule has 2 aliphatic rings. The van der Waals surface area contributed by atoms with Crippen LogP contribution < -0.4 is 9.47 Å². The minimum absolute atomic E-state index is 0.0248. The van der Waals surface area contributed by atoms with Crippen LogP contribution in [0, 0.1) is 0 Å². The Kier molecular flexibility index (Phi) is 3.45. The summed E-state index contributed by atoms with van der Waals surface area (Å²) in [5, 5.41) is 9.56. The summed E-state index contributed by atoms with van der Waals surface area (Å²) in [5.74, 6) is -0.118. The lowest BCUT2D eigenvalue weighted by Crippen LogP contribution is -2.39. The summed E-state index contributed by atoms with van der Waals surface area (Å²) in [6.45, 7) is 2.33. The lowest BCUT2D eigenvalue weighted by Gasteiger charge is -2.29. The molecule has 1 aromatic carbocycles. The Bertz CT molecular complexity index is 581. The summed E-state index contributed by atoms with van der Waals surface area (Å²) < 4.78 is 10.9. The van der Waals surface area contributed by atoms with Crippen molar-refractivity contribution in [3.8, 4) is 11.5 Å². The van der Waals surface area contributed by atoms with Gasteiger partial charge in [0.05, 0.1) is 0 Å². The molecule has 0 saturated heterocycles. The quantitative estimate of drug-likeness (QED) is 0.911. The summed E-state index contributed by atoms with van der Waals surface area (Å²) in [6, 6.07) is 4.09. The van der Waals surface area contributed by atoms with Gasteiger partial charge in [0, 0.05) is 13.0 Å². The average Bonchev–Trinajstić information content (AvgIpc) is 3.27. The van der Waals surface area contributed by atoms with E-state index in [4.69, 9.17) is 9.47 Å². The van der Waals surface area contributed by atoms with Gasteiger partial charge in [-0.05, 0) is 30.5 Å². The summed E-state index contributed by atoms with van der Waals surface area (Å²) >= 11 is 0. The maximum Gasteiger partial charge on any atom is 0.331 e. The second kappa shape index (κ2) is 5.27. The Morgan fingerprint density at radius 3 is 2.48 bits per heavy atom. The number of aliphatic carboxylic acids is 1. The van der Waals surface area contributed by atoms with Crippen molar-refractivity contribution in [2.75, 3.05) is 13.2 Å². The fourth-order valence-electron chi connectivity index (χ4n) is 2.65. The van der Waals surface area contributed by atoms with E-state index in [0.29, 0.717) is 30.3 Å². The van der Waals surface area contributed by atoms with Crippen molar-refractivity contribution < 1.29 is 24.2 Å². The molecule has 1 atom stereocenters. The van der Waals surface area contributed by atoms with Crippen molar-refractivity contribution in [1.29, 1.82) is 0 Å². The second-order valence-electron chi connectivity index (χ2n) is 5.30. The van der Waals surface area contributed by atoms with E-state index in [9.17, 15) is 14.7 Å². The van der Waals surface area contributed by atoms with Gasteiger partial charge in [0.2, 0.25) is 5.91 Å². The third kappa shape index (κ3) is 2.66. The molecular weight excluding hydrogens is 274 g/mol. The highest BCUT2D eigenvalue weighted by molar-refractivity contribution is 5.84. The van der Waals surface area contributed by atoms with Crippen LogP contribution in [-0.2, 0) is 9.59 Å². The number of nitrogens with zero attached hydrogens (tertiary/aromatic N) is 1. The van der Waals surface area contributed by atoms with Crippen molar-refractivity contribution in [2.24, 2.45) is 0 Å². The van der Waals surface area contributed by atoms with E-state index in [1.807, 2.05) is 0 Å². The SMILES string of the molecule is CC(=O)N(C1CC1)C(C(=O)O)c1ccc2c(c1)OCCO2. The number of amides is 1. The lowest BCUT2D eigenvalue weighted by atomic mass is 10.0. The molecule has 1 fully saturated rings. The molecule has 112 valence electrons. The Morgan fingerprint density at radius 1 is 1.24 bits per heavy atom. The first-order valence-electron chi connectivity index (χ1n) is 6.99. The molecule has 1 aliphatic heterocycles. The molecule has 1 amide bonds. The number of rotatable bonds is 4. The van der Waals surface area contributed by atoms with Gasteiger partial charge in [-0.3, -0.25) is 4.79 Å². The van der Waals surface area contributed by atoms with Gasteiger partial charge in [-0.1, -0.05) is 6.07 Å². The lowest BCUT2D eigenvalue weighted by molar-refractivity contribution is -0.150. The maximum atomic E-state index is 11.8. The van der Waals surface area contributed by atoms with Gasteiger partial charge in [0.25, 0.3) is 0 Å². The highest BCUT2D eigenvalue weighted by Crippen LogP contribution is 2.38. The number of carboxylic acid groups (broad SMARTS) is 1. The summed E-state index contributed by atoms with van der Waals surface area (Å²) in [4.78, 5) is 25.0. The van der Waals surface area contributed by atoms with Gasteiger partial charge in [0.15, 0.2) is 17.5 Å². The zero-order valence-corrected chi connectivity index (χ0v) is 11.7. The Hall–Kier alpha value is -2.24. The number of hydrogen-bond acceptors (Lipinski definition) is 4. The van der Waals surface area contributed by atoms with Crippen LogP contribution in [0.4, 0.5) is 0 Å². The van der Waals surface area contributed by atoms with Crippen molar-refractivity contribution in [3.63, 3.8) is 0 Å². The highest BCUT2D eigenvalue weighted by Gasteiger charge is 2.40. The predicted octanol–water partition coefficient (Wildman–Crippen LogP) is 1.59. The molecule has 1 N–H and O–H groups in total. The van der Waals surface area contributed by atoms with E-state index in [0.717, 1.165) is 12.8 Å². The van der Waals surface area contributed by atoms with Gasteiger partial charge < -0.3 is 19.5 Å².